The third-order valence-corrected chi connectivity index (χ3v) is 6.18. The molecule has 0 radical (unpaired) electrons. The Morgan fingerprint density at radius 2 is 2.00 bits per heavy atom. The Balaban J connectivity index is 1.65. The molecular weight excluding hydrogens is 512 g/mol. The van der Waals surface area contributed by atoms with Crippen LogP contribution in [0.4, 0.5) is 0 Å². The average Bonchev–Trinajstić information content (AvgIpc) is 3.55. The third kappa shape index (κ3) is 7.31. The Morgan fingerprint density at radius 3 is 2.76 bits per heavy atom. The summed E-state index contributed by atoms with van der Waals surface area (Å²) in [6.45, 7) is 4.91. The number of fused-ring (bicyclic) bond motifs is 3. The van der Waals surface area contributed by atoms with Crippen molar-refractivity contribution >= 4 is 29.3 Å². The number of carbonyl (C=O) groups is 3. The topological polar surface area (TPSA) is 156 Å². The molecule has 38 heavy (non-hydrogen) atoms. The van der Waals surface area contributed by atoms with Crippen molar-refractivity contribution in [1.29, 1.82) is 0 Å². The monoisotopic (exact) mass is 542 g/mol. The number of H-pyrrole nitrogens is 1. The summed E-state index contributed by atoms with van der Waals surface area (Å²) in [5, 5.41) is 17.1. The van der Waals surface area contributed by atoms with Crippen molar-refractivity contribution in [2.45, 2.75) is 58.3 Å². The lowest BCUT2D eigenvalue weighted by atomic mass is 10.0. The highest BCUT2D eigenvalue weighted by Crippen LogP contribution is 2.24. The molecule has 2 bridgehead atoms. The zero-order valence-corrected chi connectivity index (χ0v) is 22.0. The minimum atomic E-state index is -0.993. The summed E-state index contributed by atoms with van der Waals surface area (Å²) in [4.78, 5) is 46.9. The van der Waals surface area contributed by atoms with E-state index in [0.717, 1.165) is 0 Å². The van der Waals surface area contributed by atoms with Crippen molar-refractivity contribution in [3.8, 4) is 5.75 Å². The lowest BCUT2D eigenvalue weighted by Crippen LogP contribution is -2.54. The maximum absolute atomic E-state index is 13.5. The predicted molar refractivity (Wildman–Crippen MR) is 138 cm³/mol. The molecule has 0 saturated carbocycles. The maximum atomic E-state index is 13.5. The largest absolute Gasteiger partial charge is 0.493 e. The Labute approximate surface area is 224 Å². The smallest absolute Gasteiger partial charge is 0.255 e. The fourth-order valence-corrected chi connectivity index (χ4v) is 4.24. The number of halogens is 1. The minimum absolute atomic E-state index is 0.124. The quantitative estimate of drug-likeness (QED) is 0.390. The first-order chi connectivity index (χ1) is 18.3. The van der Waals surface area contributed by atoms with Crippen LogP contribution in [0.1, 0.15) is 48.4 Å². The lowest BCUT2D eigenvalue weighted by molar-refractivity contribution is -0.130. The number of hydrogen-bond acceptors (Lipinski definition) is 7. The van der Waals surface area contributed by atoms with E-state index in [1.54, 1.807) is 35.3 Å². The molecule has 3 aromatic rings. The molecule has 13 heteroatoms. The minimum Gasteiger partial charge on any atom is -0.493 e. The number of ether oxygens (including phenoxy) is 1. The van der Waals surface area contributed by atoms with Crippen LogP contribution in [0.25, 0.3) is 0 Å². The fourth-order valence-electron chi connectivity index (χ4n) is 4.08. The molecule has 1 unspecified atom stereocenters. The van der Waals surface area contributed by atoms with Crippen LogP contribution in [0.5, 0.6) is 5.75 Å². The van der Waals surface area contributed by atoms with E-state index in [-0.39, 0.29) is 30.4 Å². The first kappa shape index (κ1) is 27.1. The van der Waals surface area contributed by atoms with Crippen molar-refractivity contribution in [2.75, 3.05) is 6.61 Å². The molecule has 4 N–H and O–H groups in total. The lowest BCUT2D eigenvalue weighted by Gasteiger charge is -2.24. The van der Waals surface area contributed by atoms with E-state index in [9.17, 15) is 14.4 Å². The fraction of sp³-hybridized carbons (Fsp3) is 0.440. The van der Waals surface area contributed by atoms with Gasteiger partial charge in [0.25, 0.3) is 5.91 Å². The molecule has 4 rings (SSSR count). The van der Waals surface area contributed by atoms with Gasteiger partial charge in [-0.25, -0.2) is 4.98 Å². The van der Waals surface area contributed by atoms with E-state index in [2.05, 4.69) is 36.2 Å². The molecular formula is C25H31ClN8O4. The second kappa shape index (κ2) is 12.5. The van der Waals surface area contributed by atoms with Crippen LogP contribution in [-0.4, -0.2) is 61.4 Å². The summed E-state index contributed by atoms with van der Waals surface area (Å²) < 4.78 is 7.55. The number of nitrogens with zero attached hydrogens (tertiary/aromatic N) is 4. The first-order valence-corrected chi connectivity index (χ1v) is 12.8. The van der Waals surface area contributed by atoms with Crippen LogP contribution in [0.2, 0.25) is 5.02 Å². The SMILES string of the molecule is CC(C)CC1NC(=O)[C@H](Cc2cnc[nH]2)NC(=O)c2ccc(Cl)cc2OCCCn2cc(nn2)CNC1=O. The van der Waals surface area contributed by atoms with Gasteiger partial charge in [-0.05, 0) is 30.5 Å². The summed E-state index contributed by atoms with van der Waals surface area (Å²) in [7, 11) is 0. The van der Waals surface area contributed by atoms with Gasteiger partial charge >= 0.3 is 0 Å². The van der Waals surface area contributed by atoms with Crippen LogP contribution in [-0.2, 0) is 29.1 Å². The second-order valence-corrected chi connectivity index (χ2v) is 9.97. The molecule has 1 aromatic carbocycles. The summed E-state index contributed by atoms with van der Waals surface area (Å²) in [6, 6.07) is 2.89. The van der Waals surface area contributed by atoms with Gasteiger partial charge in [0.15, 0.2) is 0 Å². The van der Waals surface area contributed by atoms with Crippen LogP contribution in [0, 0.1) is 5.92 Å². The van der Waals surface area contributed by atoms with E-state index in [1.807, 2.05) is 13.8 Å². The number of hydrogen-bond donors (Lipinski definition) is 4. The molecule has 2 atom stereocenters. The van der Waals surface area contributed by atoms with Gasteiger partial charge in [0.2, 0.25) is 11.8 Å². The zero-order chi connectivity index (χ0) is 27.1. The number of aromatic nitrogens is 5. The third-order valence-electron chi connectivity index (χ3n) is 5.95. The summed E-state index contributed by atoms with van der Waals surface area (Å²) in [6.07, 6.45) is 5.95. The highest BCUT2D eigenvalue weighted by Gasteiger charge is 2.29. The molecule has 0 aliphatic carbocycles. The first-order valence-electron chi connectivity index (χ1n) is 12.5. The number of amides is 3. The van der Waals surface area contributed by atoms with Gasteiger partial charge in [-0.2, -0.15) is 0 Å². The van der Waals surface area contributed by atoms with Crippen LogP contribution < -0.4 is 20.7 Å². The Hall–Kier alpha value is -3.93. The number of benzene rings is 1. The van der Waals surface area contributed by atoms with Gasteiger partial charge in [-0.3, -0.25) is 19.1 Å². The maximum Gasteiger partial charge on any atom is 0.255 e. The van der Waals surface area contributed by atoms with Gasteiger partial charge < -0.3 is 25.7 Å². The average molecular weight is 543 g/mol. The van der Waals surface area contributed by atoms with Crippen molar-refractivity contribution in [1.82, 2.24) is 40.9 Å². The molecule has 0 fully saturated rings. The number of imidazole rings is 1. The number of aromatic amines is 1. The molecule has 12 nitrogen and oxygen atoms in total. The number of nitrogens with one attached hydrogen (secondary N) is 4. The van der Waals surface area contributed by atoms with E-state index in [0.29, 0.717) is 48.2 Å². The van der Waals surface area contributed by atoms with Gasteiger partial charge in [0.1, 0.15) is 23.5 Å². The Bertz CT molecular complexity index is 1260. The molecule has 1 aliphatic rings. The number of carbonyl (C=O) groups excluding carboxylic acids is 3. The van der Waals surface area contributed by atoms with E-state index in [1.165, 1.54) is 6.33 Å². The van der Waals surface area contributed by atoms with E-state index in [4.69, 9.17) is 16.3 Å². The van der Waals surface area contributed by atoms with Gasteiger partial charge in [-0.15, -0.1) is 5.10 Å². The molecule has 0 saturated heterocycles. The van der Waals surface area contributed by atoms with Crippen LogP contribution in [0.3, 0.4) is 0 Å². The molecule has 202 valence electrons. The normalized spacial score (nSPS) is 19.4. The van der Waals surface area contributed by atoms with Crippen LogP contribution in [0.15, 0.2) is 36.9 Å². The molecule has 2 aromatic heterocycles. The zero-order valence-electron chi connectivity index (χ0n) is 21.2. The Morgan fingerprint density at radius 1 is 1.16 bits per heavy atom. The highest BCUT2D eigenvalue weighted by atomic mass is 35.5. The predicted octanol–water partition coefficient (Wildman–Crippen LogP) is 1.63. The second-order valence-electron chi connectivity index (χ2n) is 9.53. The number of rotatable bonds is 4. The van der Waals surface area contributed by atoms with Crippen molar-refractivity contribution in [3.63, 3.8) is 0 Å². The van der Waals surface area contributed by atoms with Crippen molar-refractivity contribution in [2.24, 2.45) is 5.92 Å². The highest BCUT2D eigenvalue weighted by molar-refractivity contribution is 6.30. The molecule has 1 aliphatic heterocycles. The van der Waals surface area contributed by atoms with Gasteiger partial charge in [0, 0.05) is 36.3 Å². The molecule has 3 amide bonds. The van der Waals surface area contributed by atoms with Gasteiger partial charge in [-0.1, -0.05) is 30.7 Å². The van der Waals surface area contributed by atoms with E-state index >= 15 is 0 Å². The molecule has 0 spiro atoms. The van der Waals surface area contributed by atoms with Crippen LogP contribution >= 0.6 is 11.6 Å². The standard InChI is InChI=1S/C25H31ClN8O4/c1-15(2)8-20-24(36)28-12-18-13-34(33-32-18)6-3-7-38-22-9-16(26)4-5-19(22)23(35)30-21(25(37)31-20)10-17-11-27-14-29-17/h4-5,9,11,13-15,20-21H,3,6-8,10,12H2,1-2H3,(H,27,29)(H,28,36)(H,30,35)(H,31,37)/t20?,21-/m0/s1. The summed E-state index contributed by atoms with van der Waals surface area (Å²) in [5.74, 6) is -0.935. The van der Waals surface area contributed by atoms with Gasteiger partial charge in [0.05, 0.1) is 31.2 Å². The summed E-state index contributed by atoms with van der Waals surface area (Å²) >= 11 is 6.17. The molecule has 3 heterocycles. The van der Waals surface area contributed by atoms with Crippen molar-refractivity contribution < 1.29 is 19.1 Å². The number of aryl methyl sites for hydroxylation is 1. The summed E-state index contributed by atoms with van der Waals surface area (Å²) in [5.41, 5.74) is 1.47. The van der Waals surface area contributed by atoms with E-state index < -0.39 is 23.9 Å². The Kier molecular flexibility index (Phi) is 8.95. The van der Waals surface area contributed by atoms with Crippen molar-refractivity contribution in [3.05, 3.63) is 58.9 Å².